The molecule has 0 amide bonds. The van der Waals surface area contributed by atoms with Crippen LogP contribution in [0.15, 0.2) is 24.0 Å². The molecule has 2 bridgehead atoms. The highest BCUT2D eigenvalue weighted by atomic mass is 19.3. The van der Waals surface area contributed by atoms with E-state index in [1.807, 2.05) is 0 Å². The van der Waals surface area contributed by atoms with Crippen LogP contribution in [-0.4, -0.2) is 21.4 Å². The van der Waals surface area contributed by atoms with E-state index in [1.54, 1.807) is 0 Å². The lowest BCUT2D eigenvalue weighted by atomic mass is 9.69. The molecule has 8 heteroatoms. The molecule has 3 aliphatic rings. The van der Waals surface area contributed by atoms with Gasteiger partial charge in [-0.05, 0) is 43.9 Å². The van der Waals surface area contributed by atoms with E-state index in [0.717, 1.165) is 6.08 Å². The van der Waals surface area contributed by atoms with Gasteiger partial charge in [0.15, 0.2) is 11.6 Å². The maximum absolute atomic E-state index is 14.3. The van der Waals surface area contributed by atoms with Crippen molar-refractivity contribution in [3.63, 3.8) is 0 Å². The molecule has 0 aromatic heterocycles. The molecule has 0 spiro atoms. The molecular formula is C15H13F5O3. The lowest BCUT2D eigenvalue weighted by Crippen LogP contribution is -2.51. The average Bonchev–Trinajstić information content (AvgIpc) is 2.46. The van der Waals surface area contributed by atoms with Crippen molar-refractivity contribution in [2.45, 2.75) is 43.0 Å². The van der Waals surface area contributed by atoms with E-state index >= 15 is 0 Å². The molecule has 1 aromatic carbocycles. The first-order valence-electron chi connectivity index (χ1n) is 6.95. The van der Waals surface area contributed by atoms with Crippen molar-refractivity contribution in [1.29, 1.82) is 0 Å². The molecule has 126 valence electrons. The van der Waals surface area contributed by atoms with Gasteiger partial charge in [0.1, 0.15) is 11.4 Å². The van der Waals surface area contributed by atoms with Crippen LogP contribution in [-0.2, 0) is 10.8 Å². The summed E-state index contributed by atoms with van der Waals surface area (Å²) in [6.45, 7) is 0. The fraction of sp³-hybridized carbons (Fsp3) is 0.467. The highest BCUT2D eigenvalue weighted by Crippen LogP contribution is 2.51. The minimum Gasteiger partial charge on any atom is -0.505 e. The van der Waals surface area contributed by atoms with Gasteiger partial charge in [-0.25, -0.2) is 8.78 Å². The molecule has 1 saturated carbocycles. The van der Waals surface area contributed by atoms with Crippen LogP contribution in [0.25, 0.3) is 0 Å². The zero-order valence-electron chi connectivity index (χ0n) is 11.8. The first-order chi connectivity index (χ1) is 10.6. The molecule has 0 unspecified atom stereocenters. The topological polar surface area (TPSA) is 49.7 Å². The first-order valence-corrected chi connectivity index (χ1v) is 6.95. The van der Waals surface area contributed by atoms with Gasteiger partial charge in [-0.15, -0.1) is 0 Å². The van der Waals surface area contributed by atoms with Crippen molar-refractivity contribution in [3.05, 3.63) is 41.2 Å². The van der Waals surface area contributed by atoms with Gasteiger partial charge >= 0.3 is 6.11 Å². The molecule has 1 fully saturated rings. The van der Waals surface area contributed by atoms with Gasteiger partial charge in [0.05, 0.1) is 11.2 Å². The van der Waals surface area contributed by atoms with Crippen LogP contribution >= 0.6 is 0 Å². The Kier molecular flexibility index (Phi) is 3.46. The molecule has 0 aliphatic heterocycles. The molecule has 0 atom stereocenters. The Balaban J connectivity index is 1.95. The second-order valence-corrected chi connectivity index (χ2v) is 5.97. The summed E-state index contributed by atoms with van der Waals surface area (Å²) in [5, 5.41) is 18.9. The van der Waals surface area contributed by atoms with Crippen LogP contribution < -0.4 is 0 Å². The maximum Gasteiger partial charge on any atom is 0.387 e. The van der Waals surface area contributed by atoms with E-state index in [2.05, 4.69) is 4.74 Å². The predicted molar refractivity (Wildman–Crippen MR) is 68.3 cm³/mol. The van der Waals surface area contributed by atoms with E-state index in [9.17, 15) is 27.1 Å². The highest BCUT2D eigenvalue weighted by molar-refractivity contribution is 5.32. The van der Waals surface area contributed by atoms with Gasteiger partial charge in [0.2, 0.25) is 5.82 Å². The monoisotopic (exact) mass is 336 g/mol. The highest BCUT2D eigenvalue weighted by Gasteiger charge is 2.54. The summed E-state index contributed by atoms with van der Waals surface area (Å²) >= 11 is 0. The number of hydrogen-bond donors (Lipinski definition) is 2. The van der Waals surface area contributed by atoms with Gasteiger partial charge in [-0.3, -0.25) is 0 Å². The Morgan fingerprint density at radius 1 is 1.00 bits per heavy atom. The molecule has 3 aliphatic carbocycles. The Morgan fingerprint density at radius 3 is 2.17 bits per heavy atom. The van der Waals surface area contributed by atoms with E-state index in [4.69, 9.17) is 5.11 Å². The summed E-state index contributed by atoms with van der Waals surface area (Å²) in [6, 6.07) is 1.09. The van der Waals surface area contributed by atoms with E-state index in [-0.39, 0.29) is 25.7 Å². The summed E-state index contributed by atoms with van der Waals surface area (Å²) < 4.78 is 73.9. The molecule has 3 nitrogen and oxygen atoms in total. The van der Waals surface area contributed by atoms with E-state index in [0.29, 0.717) is 12.1 Å². The largest absolute Gasteiger partial charge is 0.505 e. The van der Waals surface area contributed by atoms with Crippen molar-refractivity contribution < 1.29 is 36.9 Å². The second-order valence-electron chi connectivity index (χ2n) is 5.97. The van der Waals surface area contributed by atoms with Crippen molar-refractivity contribution in [1.82, 2.24) is 0 Å². The van der Waals surface area contributed by atoms with Gasteiger partial charge in [0.25, 0.3) is 0 Å². The van der Waals surface area contributed by atoms with Gasteiger partial charge in [0, 0.05) is 0 Å². The molecule has 23 heavy (non-hydrogen) atoms. The number of alkyl halides is 2. The van der Waals surface area contributed by atoms with Crippen LogP contribution in [0.3, 0.4) is 0 Å². The minimum atomic E-state index is -4.23. The number of halogens is 5. The number of benzene rings is 1. The fourth-order valence-corrected chi connectivity index (χ4v) is 3.04. The number of aliphatic hydroxyl groups is 1. The van der Waals surface area contributed by atoms with Crippen LogP contribution in [0, 0.1) is 11.6 Å². The third-order valence-corrected chi connectivity index (χ3v) is 4.46. The normalized spacial score (nSPS) is 30.4. The van der Waals surface area contributed by atoms with Crippen LogP contribution in [0.5, 0.6) is 5.75 Å². The number of phenols is 1. The number of phenolic OH excluding ortho intramolecular Hbond substituents is 1. The van der Waals surface area contributed by atoms with Gasteiger partial charge in [-0.2, -0.15) is 13.2 Å². The number of aromatic hydroxyl groups is 1. The SMILES string of the molecule is Oc1ccc(C(F)(F)OC23C=C(F)C(O)(CC2)CC3)c(F)c1F. The Hall–Kier alpha value is -1.67. The Morgan fingerprint density at radius 2 is 1.61 bits per heavy atom. The van der Waals surface area contributed by atoms with Gasteiger partial charge in [-0.1, -0.05) is 0 Å². The quantitative estimate of drug-likeness (QED) is 0.829. The number of rotatable bonds is 3. The smallest absolute Gasteiger partial charge is 0.387 e. The molecule has 4 rings (SSSR count). The van der Waals surface area contributed by atoms with Crippen molar-refractivity contribution in [2.24, 2.45) is 0 Å². The van der Waals surface area contributed by atoms with Crippen molar-refractivity contribution in [2.75, 3.05) is 0 Å². The zero-order chi connectivity index (χ0) is 17.0. The van der Waals surface area contributed by atoms with Crippen LogP contribution in [0.4, 0.5) is 22.0 Å². The molecule has 0 radical (unpaired) electrons. The number of hydrogen-bond acceptors (Lipinski definition) is 3. The molecule has 2 N–H and O–H groups in total. The number of fused-ring (bicyclic) bond motifs is 2. The van der Waals surface area contributed by atoms with Crippen molar-refractivity contribution in [3.8, 4) is 5.75 Å². The maximum atomic E-state index is 14.3. The van der Waals surface area contributed by atoms with E-state index < -0.39 is 46.1 Å². The predicted octanol–water partition coefficient (Wildman–Crippen LogP) is 3.65. The Bertz CT molecular complexity index is 678. The van der Waals surface area contributed by atoms with Gasteiger partial charge < -0.3 is 14.9 Å². The summed E-state index contributed by atoms with van der Waals surface area (Å²) in [7, 11) is 0. The standard InChI is InChI=1S/C15H13F5O3/c16-10-7-13(3-5-14(10,22)6-4-13)23-15(19,20)8-1-2-9(21)12(18)11(8)17/h1-2,7,21-22H,3-6H2. The minimum absolute atomic E-state index is 0.0747. The molecule has 0 saturated heterocycles. The summed E-state index contributed by atoms with van der Waals surface area (Å²) in [6.07, 6.45) is -3.80. The molecular weight excluding hydrogens is 323 g/mol. The lowest BCUT2D eigenvalue weighted by molar-refractivity contribution is -0.308. The fourth-order valence-electron chi connectivity index (χ4n) is 3.04. The van der Waals surface area contributed by atoms with Crippen LogP contribution in [0.1, 0.15) is 31.2 Å². The summed E-state index contributed by atoms with van der Waals surface area (Å²) in [5.74, 6) is -5.81. The first kappa shape index (κ1) is 16.2. The van der Waals surface area contributed by atoms with Crippen molar-refractivity contribution >= 4 is 0 Å². The average molecular weight is 336 g/mol. The summed E-state index contributed by atoms with van der Waals surface area (Å²) in [4.78, 5) is 0. The lowest BCUT2D eigenvalue weighted by Gasteiger charge is -2.47. The second kappa shape index (κ2) is 4.91. The Labute approximate surface area is 128 Å². The number of ether oxygens (including phenoxy) is 1. The van der Waals surface area contributed by atoms with Crippen LogP contribution in [0.2, 0.25) is 0 Å². The summed E-state index contributed by atoms with van der Waals surface area (Å²) in [5.41, 5.74) is -4.74. The molecule has 0 heterocycles. The third kappa shape index (κ3) is 2.49. The molecule has 1 aromatic rings. The third-order valence-electron chi connectivity index (χ3n) is 4.46. The van der Waals surface area contributed by atoms with E-state index in [1.165, 1.54) is 0 Å². The zero-order valence-corrected chi connectivity index (χ0v) is 11.8.